The van der Waals surface area contributed by atoms with Crippen molar-refractivity contribution in [3.05, 3.63) is 17.5 Å². The van der Waals surface area contributed by atoms with Crippen LogP contribution in [-0.2, 0) is 11.8 Å². The predicted molar refractivity (Wildman–Crippen MR) is 78.1 cm³/mol. The van der Waals surface area contributed by atoms with Crippen molar-refractivity contribution in [1.82, 2.24) is 14.7 Å². The maximum Gasteiger partial charge on any atom is 0.311 e. The second-order valence-electron chi connectivity index (χ2n) is 5.97. The van der Waals surface area contributed by atoms with Crippen molar-refractivity contribution in [3.8, 4) is 0 Å². The van der Waals surface area contributed by atoms with Gasteiger partial charge in [-0.25, -0.2) is 0 Å². The Morgan fingerprint density at radius 3 is 2.71 bits per heavy atom. The van der Waals surface area contributed by atoms with Gasteiger partial charge in [0.1, 0.15) is 0 Å². The lowest BCUT2D eigenvalue weighted by atomic mass is 9.76. The number of hydrogen-bond donors (Lipinski definition) is 1. The van der Waals surface area contributed by atoms with E-state index in [4.69, 9.17) is 0 Å². The van der Waals surface area contributed by atoms with Crippen molar-refractivity contribution in [2.75, 3.05) is 13.1 Å². The van der Waals surface area contributed by atoms with E-state index in [2.05, 4.69) is 5.10 Å². The number of rotatable bonds is 4. The summed E-state index contributed by atoms with van der Waals surface area (Å²) in [5, 5.41) is 13.8. The first kappa shape index (κ1) is 15.5. The van der Waals surface area contributed by atoms with E-state index in [-0.39, 0.29) is 5.91 Å². The molecule has 0 bridgehead atoms. The molecule has 1 aliphatic heterocycles. The number of carbonyl (C=O) groups is 2. The molecule has 0 unspecified atom stereocenters. The van der Waals surface area contributed by atoms with Gasteiger partial charge in [-0.1, -0.05) is 13.3 Å². The molecule has 0 aliphatic carbocycles. The molecule has 1 fully saturated rings. The standard InChI is InChI=1S/C15H23N3O3/c1-4-6-15(14(20)21)7-5-8-18(10-15)13(19)12-9-17(3)16-11(12)2/h9H,4-8,10H2,1-3H3,(H,20,21)/t15-/m0/s1. The van der Waals surface area contributed by atoms with E-state index in [1.54, 1.807) is 29.7 Å². The largest absolute Gasteiger partial charge is 0.481 e. The van der Waals surface area contributed by atoms with Crippen LogP contribution in [0.1, 0.15) is 48.7 Å². The molecule has 2 heterocycles. The van der Waals surface area contributed by atoms with Crippen LogP contribution in [0, 0.1) is 12.3 Å². The molecule has 0 saturated carbocycles. The zero-order valence-corrected chi connectivity index (χ0v) is 12.9. The van der Waals surface area contributed by atoms with Crippen molar-refractivity contribution in [2.24, 2.45) is 12.5 Å². The molecule has 6 nitrogen and oxygen atoms in total. The van der Waals surface area contributed by atoms with Gasteiger partial charge in [-0.05, 0) is 26.2 Å². The van der Waals surface area contributed by atoms with Crippen LogP contribution in [0.25, 0.3) is 0 Å². The molecule has 6 heteroatoms. The molecule has 2 rings (SSSR count). The Morgan fingerprint density at radius 1 is 1.48 bits per heavy atom. The molecule has 1 N–H and O–H groups in total. The number of aromatic nitrogens is 2. The molecule has 0 radical (unpaired) electrons. The van der Waals surface area contributed by atoms with Crippen LogP contribution in [-0.4, -0.2) is 44.8 Å². The number of piperidine rings is 1. The van der Waals surface area contributed by atoms with Gasteiger partial charge in [-0.2, -0.15) is 5.10 Å². The lowest BCUT2D eigenvalue weighted by Crippen LogP contribution is -2.50. The molecule has 0 aromatic carbocycles. The van der Waals surface area contributed by atoms with Gasteiger partial charge < -0.3 is 10.0 Å². The van der Waals surface area contributed by atoms with Gasteiger partial charge >= 0.3 is 5.97 Å². The molecule has 1 aliphatic rings. The number of carbonyl (C=O) groups excluding carboxylic acids is 1. The summed E-state index contributed by atoms with van der Waals surface area (Å²) in [6.45, 7) is 4.69. The fourth-order valence-electron chi connectivity index (χ4n) is 3.25. The third kappa shape index (κ3) is 2.94. The van der Waals surface area contributed by atoms with E-state index < -0.39 is 11.4 Å². The number of aryl methyl sites for hydroxylation is 2. The van der Waals surface area contributed by atoms with Gasteiger partial charge in [-0.15, -0.1) is 0 Å². The zero-order valence-electron chi connectivity index (χ0n) is 12.9. The number of carboxylic acids is 1. The van der Waals surface area contributed by atoms with E-state index in [1.165, 1.54) is 0 Å². The zero-order chi connectivity index (χ0) is 15.6. The van der Waals surface area contributed by atoms with Crippen molar-refractivity contribution < 1.29 is 14.7 Å². The Labute approximate surface area is 124 Å². The quantitative estimate of drug-likeness (QED) is 0.919. The van der Waals surface area contributed by atoms with E-state index in [9.17, 15) is 14.7 Å². The molecular weight excluding hydrogens is 270 g/mol. The van der Waals surface area contributed by atoms with Crippen LogP contribution in [0.4, 0.5) is 0 Å². The molecule has 116 valence electrons. The topological polar surface area (TPSA) is 75.4 Å². The van der Waals surface area contributed by atoms with E-state index in [0.717, 1.165) is 12.8 Å². The molecular formula is C15H23N3O3. The summed E-state index contributed by atoms with van der Waals surface area (Å²) in [7, 11) is 1.78. The van der Waals surface area contributed by atoms with Crippen molar-refractivity contribution in [1.29, 1.82) is 0 Å². The van der Waals surface area contributed by atoms with Gasteiger partial charge in [0.2, 0.25) is 0 Å². The van der Waals surface area contributed by atoms with Gasteiger partial charge in [0.15, 0.2) is 0 Å². The summed E-state index contributed by atoms with van der Waals surface area (Å²) < 4.78 is 1.61. The van der Waals surface area contributed by atoms with E-state index in [1.807, 2.05) is 6.92 Å². The number of carboxylic acid groups (broad SMARTS) is 1. The monoisotopic (exact) mass is 293 g/mol. The summed E-state index contributed by atoms with van der Waals surface area (Å²) in [4.78, 5) is 26.0. The minimum Gasteiger partial charge on any atom is -0.481 e. The van der Waals surface area contributed by atoms with Crippen LogP contribution in [0.3, 0.4) is 0 Å². The van der Waals surface area contributed by atoms with E-state index >= 15 is 0 Å². The normalized spacial score (nSPS) is 22.3. The minimum absolute atomic E-state index is 0.109. The predicted octanol–water partition coefficient (Wildman–Crippen LogP) is 1.84. The summed E-state index contributed by atoms with van der Waals surface area (Å²) in [5.41, 5.74) is 0.457. The fraction of sp³-hybridized carbons (Fsp3) is 0.667. The Hall–Kier alpha value is -1.85. The molecule has 1 aromatic heterocycles. The lowest BCUT2D eigenvalue weighted by molar-refractivity contribution is -0.152. The number of nitrogens with zero attached hydrogens (tertiary/aromatic N) is 3. The average Bonchev–Trinajstić information content (AvgIpc) is 2.77. The van der Waals surface area contributed by atoms with Crippen LogP contribution < -0.4 is 0 Å². The maximum atomic E-state index is 12.6. The lowest BCUT2D eigenvalue weighted by Gasteiger charge is -2.39. The van der Waals surface area contributed by atoms with Gasteiger partial charge in [0.25, 0.3) is 5.91 Å². The van der Waals surface area contributed by atoms with Crippen LogP contribution >= 0.6 is 0 Å². The van der Waals surface area contributed by atoms with Crippen LogP contribution in [0.15, 0.2) is 6.20 Å². The van der Waals surface area contributed by atoms with Gasteiger partial charge in [-0.3, -0.25) is 14.3 Å². The highest BCUT2D eigenvalue weighted by Crippen LogP contribution is 2.35. The number of hydrogen-bond acceptors (Lipinski definition) is 3. The third-order valence-electron chi connectivity index (χ3n) is 4.29. The maximum absolute atomic E-state index is 12.6. The summed E-state index contributed by atoms with van der Waals surface area (Å²) >= 11 is 0. The Morgan fingerprint density at radius 2 is 2.19 bits per heavy atom. The first-order chi connectivity index (χ1) is 9.89. The highest BCUT2D eigenvalue weighted by molar-refractivity contribution is 5.95. The SMILES string of the molecule is CCC[C@]1(C(=O)O)CCCN(C(=O)c2cn(C)nc2C)C1. The van der Waals surface area contributed by atoms with Crippen molar-refractivity contribution in [3.63, 3.8) is 0 Å². The molecule has 1 saturated heterocycles. The number of aliphatic carboxylic acids is 1. The number of amides is 1. The molecule has 0 spiro atoms. The summed E-state index contributed by atoms with van der Waals surface area (Å²) in [5.74, 6) is -0.896. The Balaban J connectivity index is 2.22. The Bertz CT molecular complexity index is 548. The second kappa shape index (κ2) is 5.87. The van der Waals surface area contributed by atoms with Crippen molar-refractivity contribution in [2.45, 2.75) is 39.5 Å². The average molecular weight is 293 g/mol. The first-order valence-electron chi connectivity index (χ1n) is 7.42. The van der Waals surface area contributed by atoms with E-state index in [0.29, 0.717) is 37.2 Å². The molecule has 21 heavy (non-hydrogen) atoms. The summed E-state index contributed by atoms with van der Waals surface area (Å²) in [6.07, 6.45) is 4.50. The molecule has 1 atom stereocenters. The third-order valence-corrected chi connectivity index (χ3v) is 4.29. The van der Waals surface area contributed by atoms with Gasteiger partial charge in [0.05, 0.1) is 16.7 Å². The highest BCUT2D eigenvalue weighted by Gasteiger charge is 2.43. The second-order valence-corrected chi connectivity index (χ2v) is 5.97. The fourth-order valence-corrected chi connectivity index (χ4v) is 3.25. The van der Waals surface area contributed by atoms with Gasteiger partial charge in [0, 0.05) is 26.3 Å². The smallest absolute Gasteiger partial charge is 0.311 e. The number of likely N-dealkylation sites (tertiary alicyclic amines) is 1. The minimum atomic E-state index is -0.793. The first-order valence-corrected chi connectivity index (χ1v) is 7.42. The van der Waals surface area contributed by atoms with Crippen LogP contribution in [0.5, 0.6) is 0 Å². The van der Waals surface area contributed by atoms with Crippen LogP contribution in [0.2, 0.25) is 0 Å². The Kier molecular flexibility index (Phi) is 4.34. The summed E-state index contributed by atoms with van der Waals surface area (Å²) in [6, 6.07) is 0. The highest BCUT2D eigenvalue weighted by atomic mass is 16.4. The van der Waals surface area contributed by atoms with Crippen molar-refractivity contribution >= 4 is 11.9 Å². The molecule has 1 amide bonds. The molecule has 1 aromatic rings.